The van der Waals surface area contributed by atoms with Gasteiger partial charge in [-0.1, -0.05) is 17.7 Å². The van der Waals surface area contributed by atoms with Crippen LogP contribution < -0.4 is 4.90 Å². The Kier molecular flexibility index (Phi) is 3.58. The minimum Gasteiger partial charge on any atom is -0.396 e. The highest BCUT2D eigenvalue weighted by Gasteiger charge is 2.02. The lowest BCUT2D eigenvalue weighted by atomic mass is 10.1. The predicted molar refractivity (Wildman–Crippen MR) is 56.6 cm³/mol. The van der Waals surface area contributed by atoms with E-state index in [1.807, 2.05) is 37.2 Å². The van der Waals surface area contributed by atoms with E-state index >= 15 is 0 Å². The molecule has 0 fully saturated rings. The third-order valence-corrected chi connectivity index (χ3v) is 2.20. The number of hydrogen-bond donors (Lipinski definition) is 1. The summed E-state index contributed by atoms with van der Waals surface area (Å²) in [6.45, 7) is 0.164. The number of benzene rings is 1. The van der Waals surface area contributed by atoms with Crippen LogP contribution in [0.5, 0.6) is 0 Å². The Labute approximate surface area is 83.7 Å². The first-order valence-electron chi connectivity index (χ1n) is 4.21. The molecule has 0 amide bonds. The van der Waals surface area contributed by atoms with Crippen LogP contribution in [0.25, 0.3) is 0 Å². The molecule has 0 aliphatic carbocycles. The average Bonchev–Trinajstić information content (AvgIpc) is 2.04. The lowest BCUT2D eigenvalue weighted by Gasteiger charge is -2.14. The summed E-state index contributed by atoms with van der Waals surface area (Å²) in [6.07, 6.45) is 0.660. The second kappa shape index (κ2) is 4.49. The van der Waals surface area contributed by atoms with Crippen molar-refractivity contribution in [1.82, 2.24) is 0 Å². The molecular formula is C10H14ClNO. The monoisotopic (exact) mass is 199 g/mol. The molecule has 2 nitrogen and oxygen atoms in total. The first-order valence-corrected chi connectivity index (χ1v) is 4.59. The smallest absolute Gasteiger partial charge is 0.0642 e. The molecule has 0 aliphatic rings. The van der Waals surface area contributed by atoms with Crippen molar-refractivity contribution < 1.29 is 5.11 Å². The predicted octanol–water partition coefficient (Wildman–Crippen LogP) is 1.94. The molecule has 0 saturated carbocycles. The Morgan fingerprint density at radius 1 is 1.38 bits per heavy atom. The van der Waals surface area contributed by atoms with Crippen molar-refractivity contribution >= 4 is 17.3 Å². The van der Waals surface area contributed by atoms with E-state index < -0.39 is 0 Å². The summed E-state index contributed by atoms with van der Waals surface area (Å²) in [5.41, 5.74) is 2.07. The number of nitrogens with zero attached hydrogens (tertiary/aromatic N) is 1. The number of aliphatic hydroxyl groups excluding tert-OH is 1. The second-order valence-electron chi connectivity index (χ2n) is 3.15. The van der Waals surface area contributed by atoms with Gasteiger partial charge in [0, 0.05) is 20.7 Å². The number of anilines is 1. The van der Waals surface area contributed by atoms with Gasteiger partial charge in [0.2, 0.25) is 0 Å². The third-order valence-electron chi connectivity index (χ3n) is 1.89. The number of rotatable bonds is 3. The molecule has 0 bridgehead atoms. The van der Waals surface area contributed by atoms with Crippen LogP contribution >= 0.6 is 11.6 Å². The van der Waals surface area contributed by atoms with Crippen LogP contribution in [0.4, 0.5) is 5.69 Å². The van der Waals surface area contributed by atoms with E-state index in [1.54, 1.807) is 0 Å². The molecule has 0 atom stereocenters. The van der Waals surface area contributed by atoms with Gasteiger partial charge in [-0.25, -0.2) is 0 Å². The van der Waals surface area contributed by atoms with Crippen LogP contribution in [-0.4, -0.2) is 25.8 Å². The molecule has 1 aromatic carbocycles. The molecule has 1 rings (SSSR count). The molecule has 0 aromatic heterocycles. The van der Waals surface area contributed by atoms with Crippen molar-refractivity contribution in [3.8, 4) is 0 Å². The van der Waals surface area contributed by atoms with Crippen LogP contribution in [0.2, 0.25) is 5.02 Å². The summed E-state index contributed by atoms with van der Waals surface area (Å²) < 4.78 is 0. The van der Waals surface area contributed by atoms with E-state index in [1.165, 1.54) is 0 Å². The summed E-state index contributed by atoms with van der Waals surface area (Å²) in [7, 11) is 3.90. The largest absolute Gasteiger partial charge is 0.396 e. The highest BCUT2D eigenvalue weighted by molar-refractivity contribution is 6.33. The highest BCUT2D eigenvalue weighted by atomic mass is 35.5. The molecule has 0 radical (unpaired) electrons. The fourth-order valence-corrected chi connectivity index (χ4v) is 1.57. The number of halogens is 1. The first kappa shape index (κ1) is 10.4. The molecule has 0 aliphatic heterocycles. The van der Waals surface area contributed by atoms with Crippen LogP contribution in [0.3, 0.4) is 0 Å². The van der Waals surface area contributed by atoms with Crippen LogP contribution in [0.1, 0.15) is 5.56 Å². The zero-order valence-electron chi connectivity index (χ0n) is 7.92. The molecule has 72 valence electrons. The van der Waals surface area contributed by atoms with Crippen molar-refractivity contribution in [2.24, 2.45) is 0 Å². The molecule has 1 N–H and O–H groups in total. The fourth-order valence-electron chi connectivity index (χ4n) is 1.20. The zero-order valence-corrected chi connectivity index (χ0v) is 8.67. The standard InChI is InChI=1S/C10H14ClNO/c1-12(2)10-4-3-8(5-6-13)7-9(10)11/h3-4,7,13H,5-6H2,1-2H3. The van der Waals surface area contributed by atoms with E-state index in [-0.39, 0.29) is 6.61 Å². The van der Waals surface area contributed by atoms with E-state index in [0.717, 1.165) is 16.3 Å². The molecule has 0 saturated heterocycles. The quantitative estimate of drug-likeness (QED) is 0.805. The minimum atomic E-state index is 0.164. The lowest BCUT2D eigenvalue weighted by molar-refractivity contribution is 0.299. The highest BCUT2D eigenvalue weighted by Crippen LogP contribution is 2.25. The van der Waals surface area contributed by atoms with Gasteiger partial charge in [-0.05, 0) is 24.1 Å². The molecule has 1 aromatic rings. The Hall–Kier alpha value is -0.730. The van der Waals surface area contributed by atoms with E-state index in [4.69, 9.17) is 16.7 Å². The van der Waals surface area contributed by atoms with Gasteiger partial charge in [0.15, 0.2) is 0 Å². The summed E-state index contributed by atoms with van der Waals surface area (Å²) in [5.74, 6) is 0. The molecule has 3 heteroatoms. The fraction of sp³-hybridized carbons (Fsp3) is 0.400. The van der Waals surface area contributed by atoms with Crippen LogP contribution in [0, 0.1) is 0 Å². The summed E-state index contributed by atoms with van der Waals surface area (Å²) in [4.78, 5) is 1.96. The Balaban J connectivity index is 2.92. The first-order chi connectivity index (χ1) is 6.15. The summed E-state index contributed by atoms with van der Waals surface area (Å²) in [5, 5.41) is 9.47. The van der Waals surface area contributed by atoms with Gasteiger partial charge in [-0.3, -0.25) is 0 Å². The normalized spacial score (nSPS) is 10.2. The maximum Gasteiger partial charge on any atom is 0.0642 e. The van der Waals surface area contributed by atoms with E-state index in [0.29, 0.717) is 6.42 Å². The summed E-state index contributed by atoms with van der Waals surface area (Å²) in [6, 6.07) is 5.85. The Bertz CT molecular complexity index is 286. The van der Waals surface area contributed by atoms with Gasteiger partial charge < -0.3 is 10.0 Å². The SMILES string of the molecule is CN(C)c1ccc(CCO)cc1Cl. The Morgan fingerprint density at radius 2 is 2.08 bits per heavy atom. The Morgan fingerprint density at radius 3 is 2.54 bits per heavy atom. The number of hydrogen-bond acceptors (Lipinski definition) is 2. The van der Waals surface area contributed by atoms with Crippen molar-refractivity contribution in [1.29, 1.82) is 0 Å². The maximum absolute atomic E-state index is 8.74. The van der Waals surface area contributed by atoms with Crippen molar-refractivity contribution in [2.45, 2.75) is 6.42 Å². The van der Waals surface area contributed by atoms with Gasteiger partial charge in [0.05, 0.1) is 10.7 Å². The lowest BCUT2D eigenvalue weighted by Crippen LogP contribution is -2.09. The van der Waals surface area contributed by atoms with Crippen molar-refractivity contribution in [3.05, 3.63) is 28.8 Å². The van der Waals surface area contributed by atoms with Crippen molar-refractivity contribution in [3.63, 3.8) is 0 Å². The van der Waals surface area contributed by atoms with Crippen molar-refractivity contribution in [2.75, 3.05) is 25.6 Å². The van der Waals surface area contributed by atoms with E-state index in [2.05, 4.69) is 0 Å². The minimum absolute atomic E-state index is 0.164. The van der Waals surface area contributed by atoms with Gasteiger partial charge in [0.1, 0.15) is 0 Å². The molecule has 0 spiro atoms. The van der Waals surface area contributed by atoms with Crippen LogP contribution in [0.15, 0.2) is 18.2 Å². The maximum atomic E-state index is 8.74. The molecular weight excluding hydrogens is 186 g/mol. The zero-order chi connectivity index (χ0) is 9.84. The van der Waals surface area contributed by atoms with Crippen LogP contribution in [-0.2, 0) is 6.42 Å². The molecule has 0 unspecified atom stereocenters. The molecule has 13 heavy (non-hydrogen) atoms. The van der Waals surface area contributed by atoms with Gasteiger partial charge in [-0.15, -0.1) is 0 Å². The average molecular weight is 200 g/mol. The number of aliphatic hydroxyl groups is 1. The second-order valence-corrected chi connectivity index (χ2v) is 3.56. The van der Waals surface area contributed by atoms with Gasteiger partial charge in [-0.2, -0.15) is 0 Å². The topological polar surface area (TPSA) is 23.5 Å². The van der Waals surface area contributed by atoms with Gasteiger partial charge in [0.25, 0.3) is 0 Å². The van der Waals surface area contributed by atoms with E-state index in [9.17, 15) is 0 Å². The van der Waals surface area contributed by atoms with Gasteiger partial charge >= 0.3 is 0 Å². The summed E-state index contributed by atoms with van der Waals surface area (Å²) >= 11 is 6.04. The molecule has 0 heterocycles. The third kappa shape index (κ3) is 2.61.